The Hall–Kier alpha value is -2.35. The largest absolute Gasteiger partial charge is 0.481 e. The fraction of sp³-hybridized carbons (Fsp3) is 0.231. The first kappa shape index (κ1) is 15.0. The van der Waals surface area contributed by atoms with E-state index in [1.807, 2.05) is 0 Å². The Morgan fingerprint density at radius 1 is 1.29 bits per heavy atom. The van der Waals surface area contributed by atoms with Crippen LogP contribution in [0.3, 0.4) is 0 Å². The Bertz CT molecular complexity index is 735. The molecule has 1 aromatic carbocycles. The molecule has 7 nitrogen and oxygen atoms in total. The van der Waals surface area contributed by atoms with Gasteiger partial charge in [0.1, 0.15) is 5.82 Å². The van der Waals surface area contributed by atoms with Crippen LogP contribution in [-0.4, -0.2) is 29.3 Å². The van der Waals surface area contributed by atoms with Crippen molar-refractivity contribution in [2.24, 2.45) is 7.05 Å². The van der Waals surface area contributed by atoms with Gasteiger partial charge in [-0.3, -0.25) is 14.2 Å². The number of carboxylic acid groups (broad SMARTS) is 1. The Morgan fingerprint density at radius 3 is 2.48 bits per heavy atom. The van der Waals surface area contributed by atoms with Crippen LogP contribution >= 0.6 is 0 Å². The Balaban J connectivity index is 2.13. The molecule has 8 heteroatoms. The van der Waals surface area contributed by atoms with Crippen molar-refractivity contribution in [3.8, 4) is 0 Å². The van der Waals surface area contributed by atoms with Crippen LogP contribution < -0.4 is 4.72 Å². The van der Waals surface area contributed by atoms with E-state index in [0.717, 1.165) is 5.56 Å². The zero-order chi connectivity index (χ0) is 15.5. The quantitative estimate of drug-likeness (QED) is 0.836. The van der Waals surface area contributed by atoms with Crippen LogP contribution in [0.5, 0.6) is 0 Å². The van der Waals surface area contributed by atoms with Gasteiger partial charge in [-0.25, -0.2) is 8.42 Å². The van der Waals surface area contributed by atoms with E-state index in [0.29, 0.717) is 12.2 Å². The summed E-state index contributed by atoms with van der Waals surface area (Å²) in [5.74, 6) is -0.519. The summed E-state index contributed by atoms with van der Waals surface area (Å²) in [5, 5.41) is 12.5. The molecule has 0 aliphatic carbocycles. The highest BCUT2D eigenvalue weighted by Gasteiger charge is 2.15. The smallest absolute Gasteiger partial charge is 0.303 e. The van der Waals surface area contributed by atoms with E-state index < -0.39 is 16.0 Å². The second kappa shape index (κ2) is 5.96. The van der Waals surface area contributed by atoms with E-state index in [1.54, 1.807) is 25.2 Å². The Kier molecular flexibility index (Phi) is 4.27. The molecule has 2 aromatic rings. The molecule has 0 saturated heterocycles. The molecule has 1 aromatic heterocycles. The zero-order valence-electron chi connectivity index (χ0n) is 11.4. The van der Waals surface area contributed by atoms with E-state index >= 15 is 0 Å². The molecule has 0 spiro atoms. The molecule has 0 amide bonds. The predicted octanol–water partition coefficient (Wildman–Crippen LogP) is 1.24. The summed E-state index contributed by atoms with van der Waals surface area (Å²) in [4.78, 5) is 10.6. The summed E-state index contributed by atoms with van der Waals surface area (Å²) in [6.07, 6.45) is 1.87. The number of carboxylic acids is 1. The van der Waals surface area contributed by atoms with Crippen molar-refractivity contribution in [2.45, 2.75) is 17.7 Å². The van der Waals surface area contributed by atoms with Crippen LogP contribution in [0.15, 0.2) is 41.4 Å². The van der Waals surface area contributed by atoms with Gasteiger partial charge in [0.25, 0.3) is 10.0 Å². The van der Waals surface area contributed by atoms with Crippen molar-refractivity contribution in [1.82, 2.24) is 9.78 Å². The summed E-state index contributed by atoms with van der Waals surface area (Å²) in [7, 11) is -2.05. The molecular weight excluding hydrogens is 294 g/mol. The number of carbonyl (C=O) groups is 1. The molecule has 0 radical (unpaired) electrons. The monoisotopic (exact) mass is 309 g/mol. The molecule has 0 bridgehead atoms. The van der Waals surface area contributed by atoms with Crippen molar-refractivity contribution >= 4 is 21.8 Å². The molecule has 0 aliphatic heterocycles. The summed E-state index contributed by atoms with van der Waals surface area (Å²) >= 11 is 0. The number of hydrogen-bond donors (Lipinski definition) is 2. The van der Waals surface area contributed by atoms with Crippen LogP contribution in [0, 0.1) is 0 Å². The zero-order valence-corrected chi connectivity index (χ0v) is 12.2. The molecule has 112 valence electrons. The molecule has 0 aliphatic rings. The van der Waals surface area contributed by atoms with E-state index in [1.165, 1.54) is 23.0 Å². The summed E-state index contributed by atoms with van der Waals surface area (Å²) in [6.45, 7) is 0. The van der Waals surface area contributed by atoms with Crippen LogP contribution in [-0.2, 0) is 28.3 Å². The van der Waals surface area contributed by atoms with Crippen LogP contribution in [0.25, 0.3) is 0 Å². The third-order valence-corrected chi connectivity index (χ3v) is 4.29. The number of sulfonamides is 1. The average Bonchev–Trinajstić information content (AvgIpc) is 2.82. The summed E-state index contributed by atoms with van der Waals surface area (Å²) < 4.78 is 28.2. The second-order valence-corrected chi connectivity index (χ2v) is 6.17. The topological polar surface area (TPSA) is 101 Å². The minimum absolute atomic E-state index is 0.0133. The lowest BCUT2D eigenvalue weighted by molar-refractivity contribution is -0.136. The first-order chi connectivity index (χ1) is 9.88. The maximum absolute atomic E-state index is 12.2. The van der Waals surface area contributed by atoms with E-state index in [2.05, 4.69) is 9.82 Å². The number of aliphatic carboxylic acids is 1. The number of nitrogens with zero attached hydrogens (tertiary/aromatic N) is 2. The normalized spacial score (nSPS) is 11.3. The minimum atomic E-state index is -3.68. The Morgan fingerprint density at radius 2 is 1.95 bits per heavy atom. The van der Waals surface area contributed by atoms with Gasteiger partial charge in [0, 0.05) is 19.5 Å². The van der Waals surface area contributed by atoms with Crippen LogP contribution in [0.2, 0.25) is 0 Å². The van der Waals surface area contributed by atoms with Crippen molar-refractivity contribution < 1.29 is 18.3 Å². The number of anilines is 1. The standard InChI is InChI=1S/C13H15N3O4S/c1-16-12(8-9-14-16)15-21(19,20)11-5-2-10(3-6-11)4-7-13(17)18/h2-3,5-6,8-9,15H,4,7H2,1H3,(H,17,18). The van der Waals surface area contributed by atoms with Gasteiger partial charge in [-0.1, -0.05) is 12.1 Å². The molecule has 0 fully saturated rings. The van der Waals surface area contributed by atoms with E-state index in [9.17, 15) is 13.2 Å². The molecule has 2 rings (SSSR count). The van der Waals surface area contributed by atoms with E-state index in [-0.39, 0.29) is 11.3 Å². The van der Waals surface area contributed by atoms with Crippen LogP contribution in [0.4, 0.5) is 5.82 Å². The van der Waals surface area contributed by atoms with Gasteiger partial charge in [0.05, 0.1) is 11.1 Å². The average molecular weight is 309 g/mol. The van der Waals surface area contributed by atoms with Gasteiger partial charge in [-0.15, -0.1) is 0 Å². The van der Waals surface area contributed by atoms with E-state index in [4.69, 9.17) is 5.11 Å². The molecule has 0 saturated carbocycles. The maximum Gasteiger partial charge on any atom is 0.303 e. The first-order valence-corrected chi connectivity index (χ1v) is 7.68. The third kappa shape index (κ3) is 3.82. The minimum Gasteiger partial charge on any atom is -0.481 e. The third-order valence-electron chi connectivity index (χ3n) is 2.92. The van der Waals surface area contributed by atoms with Gasteiger partial charge >= 0.3 is 5.97 Å². The maximum atomic E-state index is 12.2. The van der Waals surface area contributed by atoms with Gasteiger partial charge < -0.3 is 5.11 Å². The Labute approximate surface area is 122 Å². The fourth-order valence-electron chi connectivity index (χ4n) is 1.76. The highest BCUT2D eigenvalue weighted by atomic mass is 32.2. The van der Waals surface area contributed by atoms with Crippen LogP contribution in [0.1, 0.15) is 12.0 Å². The second-order valence-electron chi connectivity index (χ2n) is 4.48. The molecule has 0 unspecified atom stereocenters. The first-order valence-electron chi connectivity index (χ1n) is 6.20. The lowest BCUT2D eigenvalue weighted by Gasteiger charge is -2.08. The fourth-order valence-corrected chi connectivity index (χ4v) is 2.84. The number of benzene rings is 1. The van der Waals surface area contributed by atoms with Crippen molar-refractivity contribution in [1.29, 1.82) is 0 Å². The number of rotatable bonds is 6. The van der Waals surface area contributed by atoms with Crippen molar-refractivity contribution in [3.63, 3.8) is 0 Å². The van der Waals surface area contributed by atoms with Gasteiger partial charge in [-0.05, 0) is 24.1 Å². The van der Waals surface area contributed by atoms with Crippen molar-refractivity contribution in [2.75, 3.05) is 4.72 Å². The number of aryl methyl sites for hydroxylation is 2. The molecule has 1 heterocycles. The number of nitrogens with one attached hydrogen (secondary N) is 1. The number of hydrogen-bond acceptors (Lipinski definition) is 4. The van der Waals surface area contributed by atoms with Gasteiger partial charge in [0.2, 0.25) is 0 Å². The lowest BCUT2D eigenvalue weighted by atomic mass is 10.1. The lowest BCUT2D eigenvalue weighted by Crippen LogP contribution is -2.15. The molecule has 2 N–H and O–H groups in total. The number of aromatic nitrogens is 2. The SMILES string of the molecule is Cn1nccc1NS(=O)(=O)c1ccc(CCC(=O)O)cc1. The predicted molar refractivity (Wildman–Crippen MR) is 76.4 cm³/mol. The highest BCUT2D eigenvalue weighted by molar-refractivity contribution is 7.92. The van der Waals surface area contributed by atoms with Gasteiger partial charge in [0.15, 0.2) is 0 Å². The molecular formula is C13H15N3O4S. The summed E-state index contributed by atoms with van der Waals surface area (Å²) in [5.41, 5.74) is 0.775. The van der Waals surface area contributed by atoms with Gasteiger partial charge in [-0.2, -0.15) is 5.10 Å². The molecule has 21 heavy (non-hydrogen) atoms. The highest BCUT2D eigenvalue weighted by Crippen LogP contribution is 2.16. The van der Waals surface area contributed by atoms with Crippen molar-refractivity contribution in [3.05, 3.63) is 42.1 Å². The molecule has 0 atom stereocenters. The summed E-state index contributed by atoms with van der Waals surface area (Å²) in [6, 6.07) is 7.69.